The first-order valence-corrected chi connectivity index (χ1v) is 9.26. The van der Waals surface area contributed by atoms with E-state index in [2.05, 4.69) is 51.9 Å². The van der Waals surface area contributed by atoms with Crippen molar-refractivity contribution in [2.75, 3.05) is 12.4 Å². The maximum absolute atomic E-state index is 5.27. The fourth-order valence-corrected chi connectivity index (χ4v) is 3.96. The first kappa shape index (κ1) is 16.5. The van der Waals surface area contributed by atoms with Crippen molar-refractivity contribution in [1.29, 1.82) is 0 Å². The number of aryl methyl sites for hydroxylation is 2. The Morgan fingerprint density at radius 2 is 1.73 bits per heavy atom. The van der Waals surface area contributed by atoms with Crippen LogP contribution >= 0.6 is 11.3 Å². The highest BCUT2D eigenvalue weighted by Crippen LogP contribution is 2.38. The number of ether oxygens (including phenoxy) is 1. The molecule has 0 saturated heterocycles. The Morgan fingerprint density at radius 3 is 2.46 bits per heavy atom. The largest absolute Gasteiger partial charge is 0.497 e. The zero-order valence-electron chi connectivity index (χ0n) is 14.9. The number of fused-ring (bicyclic) bond motifs is 1. The molecule has 2 heterocycles. The van der Waals surface area contributed by atoms with Gasteiger partial charge in [-0.1, -0.05) is 30.3 Å². The van der Waals surface area contributed by atoms with Crippen molar-refractivity contribution in [3.63, 3.8) is 0 Å². The van der Waals surface area contributed by atoms with Gasteiger partial charge in [0.15, 0.2) is 0 Å². The summed E-state index contributed by atoms with van der Waals surface area (Å²) in [5, 5.41) is 6.70. The lowest BCUT2D eigenvalue weighted by molar-refractivity contribution is 0.415. The zero-order chi connectivity index (χ0) is 18.1. The van der Waals surface area contributed by atoms with E-state index in [1.165, 1.54) is 5.56 Å². The minimum absolute atomic E-state index is 0.761. The number of anilines is 2. The number of aromatic nitrogens is 2. The van der Waals surface area contributed by atoms with Crippen molar-refractivity contribution < 1.29 is 4.74 Å². The number of methoxy groups -OCH3 is 1. The van der Waals surface area contributed by atoms with Crippen molar-refractivity contribution in [1.82, 2.24) is 9.97 Å². The second-order valence-electron chi connectivity index (χ2n) is 6.12. The number of rotatable bonds is 4. The van der Waals surface area contributed by atoms with Crippen LogP contribution in [0.2, 0.25) is 0 Å². The zero-order valence-corrected chi connectivity index (χ0v) is 15.7. The van der Waals surface area contributed by atoms with E-state index >= 15 is 0 Å². The maximum atomic E-state index is 5.27. The lowest BCUT2D eigenvalue weighted by Crippen LogP contribution is -1.99. The Balaban J connectivity index is 1.86. The van der Waals surface area contributed by atoms with Crippen LogP contribution in [0, 0.1) is 13.8 Å². The van der Waals surface area contributed by atoms with E-state index in [1.807, 2.05) is 31.2 Å². The summed E-state index contributed by atoms with van der Waals surface area (Å²) in [5.41, 5.74) is 4.48. The molecule has 4 nitrogen and oxygen atoms in total. The first-order valence-electron chi connectivity index (χ1n) is 8.38. The fraction of sp³-hybridized carbons (Fsp3) is 0.143. The van der Waals surface area contributed by atoms with Gasteiger partial charge in [0.05, 0.1) is 12.5 Å². The van der Waals surface area contributed by atoms with E-state index in [1.54, 1.807) is 18.4 Å². The number of nitrogens with zero attached hydrogens (tertiary/aromatic N) is 2. The Bertz CT molecular complexity index is 1070. The van der Waals surface area contributed by atoms with Gasteiger partial charge in [-0.25, -0.2) is 9.97 Å². The van der Waals surface area contributed by atoms with Gasteiger partial charge in [-0.15, -0.1) is 11.3 Å². The van der Waals surface area contributed by atoms with Crippen LogP contribution in [0.3, 0.4) is 0 Å². The predicted octanol–water partition coefficient (Wildman–Crippen LogP) is 5.73. The van der Waals surface area contributed by atoms with Gasteiger partial charge in [0.1, 0.15) is 22.2 Å². The van der Waals surface area contributed by atoms with Gasteiger partial charge >= 0.3 is 0 Å². The Kier molecular flexibility index (Phi) is 4.31. The van der Waals surface area contributed by atoms with Gasteiger partial charge < -0.3 is 10.1 Å². The molecule has 0 aliphatic carbocycles. The van der Waals surface area contributed by atoms with Gasteiger partial charge in [0.25, 0.3) is 0 Å². The molecule has 0 bridgehead atoms. The summed E-state index contributed by atoms with van der Waals surface area (Å²) in [6, 6.07) is 16.3. The molecule has 4 rings (SSSR count). The Hall–Kier alpha value is -2.92. The van der Waals surface area contributed by atoms with Crippen LogP contribution in [0.5, 0.6) is 5.75 Å². The number of hydrogen-bond acceptors (Lipinski definition) is 5. The van der Waals surface area contributed by atoms with E-state index in [4.69, 9.17) is 4.74 Å². The van der Waals surface area contributed by atoms with Crippen molar-refractivity contribution in [2.45, 2.75) is 13.8 Å². The monoisotopic (exact) mass is 361 g/mol. The molecule has 0 fully saturated rings. The lowest BCUT2D eigenvalue weighted by atomic mass is 10.1. The average molecular weight is 361 g/mol. The van der Waals surface area contributed by atoms with Crippen molar-refractivity contribution in [3.05, 3.63) is 65.3 Å². The molecule has 0 atom stereocenters. The highest BCUT2D eigenvalue weighted by molar-refractivity contribution is 7.17. The van der Waals surface area contributed by atoms with Crippen LogP contribution < -0.4 is 10.1 Å². The average Bonchev–Trinajstić information content (AvgIpc) is 3.07. The summed E-state index contributed by atoms with van der Waals surface area (Å²) in [5.74, 6) is 2.45. The molecule has 0 saturated carbocycles. The Labute approximate surface area is 156 Å². The normalized spacial score (nSPS) is 10.9. The molecule has 0 radical (unpaired) electrons. The summed E-state index contributed by atoms with van der Waals surface area (Å²) in [6.07, 6.45) is 0. The van der Waals surface area contributed by atoms with E-state index in [0.29, 0.717) is 0 Å². The third-order valence-electron chi connectivity index (χ3n) is 4.34. The molecular weight excluding hydrogens is 342 g/mol. The summed E-state index contributed by atoms with van der Waals surface area (Å²) >= 11 is 1.64. The topological polar surface area (TPSA) is 47.0 Å². The van der Waals surface area contributed by atoms with Crippen molar-refractivity contribution >= 4 is 33.1 Å². The third-order valence-corrected chi connectivity index (χ3v) is 5.22. The first-order chi connectivity index (χ1) is 12.7. The molecular formula is C21H19N3OS. The summed E-state index contributed by atoms with van der Waals surface area (Å²) in [6.45, 7) is 4.01. The number of thiophene rings is 1. The van der Waals surface area contributed by atoms with Gasteiger partial charge in [-0.3, -0.25) is 0 Å². The molecule has 0 spiro atoms. The minimum atomic E-state index is 0.761. The van der Waals surface area contributed by atoms with Gasteiger partial charge in [0, 0.05) is 16.6 Å². The molecule has 0 amide bonds. The quantitative estimate of drug-likeness (QED) is 0.504. The highest BCUT2D eigenvalue weighted by atomic mass is 32.1. The molecule has 0 aliphatic heterocycles. The lowest BCUT2D eigenvalue weighted by Gasteiger charge is -2.12. The molecule has 5 heteroatoms. The van der Waals surface area contributed by atoms with E-state index in [0.717, 1.165) is 44.4 Å². The third kappa shape index (κ3) is 3.02. The number of nitrogens with one attached hydrogen (secondary N) is 1. The minimum Gasteiger partial charge on any atom is -0.497 e. The molecule has 0 aliphatic rings. The molecule has 1 N–H and O–H groups in total. The van der Waals surface area contributed by atoms with Crippen molar-refractivity contribution in [2.24, 2.45) is 0 Å². The van der Waals surface area contributed by atoms with Crippen LogP contribution in [-0.2, 0) is 0 Å². The van der Waals surface area contributed by atoms with Gasteiger partial charge in [-0.2, -0.15) is 0 Å². The molecule has 4 aromatic rings. The summed E-state index contributed by atoms with van der Waals surface area (Å²) in [4.78, 5) is 10.3. The molecule has 130 valence electrons. The van der Waals surface area contributed by atoms with Gasteiger partial charge in [0.2, 0.25) is 0 Å². The maximum Gasteiger partial charge on any atom is 0.143 e. The summed E-state index contributed by atoms with van der Waals surface area (Å²) < 4.78 is 5.27. The summed E-state index contributed by atoms with van der Waals surface area (Å²) in [7, 11) is 1.68. The standard InChI is InChI=1S/C21H19N3OS/c1-13-6-4-5-7-18(13)24-20-19-17(12-26-21(19)23-14(2)22-20)15-8-10-16(25-3)11-9-15/h4-12H,1-3H3,(H,22,23,24). The highest BCUT2D eigenvalue weighted by Gasteiger charge is 2.15. The van der Waals surface area contributed by atoms with Crippen LogP contribution in [0.25, 0.3) is 21.3 Å². The van der Waals surface area contributed by atoms with Crippen LogP contribution in [0.15, 0.2) is 53.9 Å². The van der Waals surface area contributed by atoms with Gasteiger partial charge in [-0.05, 0) is 43.2 Å². The molecule has 0 unspecified atom stereocenters. The van der Waals surface area contributed by atoms with E-state index < -0.39 is 0 Å². The number of hydrogen-bond donors (Lipinski definition) is 1. The van der Waals surface area contributed by atoms with Crippen molar-refractivity contribution in [3.8, 4) is 16.9 Å². The van der Waals surface area contributed by atoms with E-state index in [9.17, 15) is 0 Å². The van der Waals surface area contributed by atoms with Crippen LogP contribution in [-0.4, -0.2) is 17.1 Å². The van der Waals surface area contributed by atoms with Crippen LogP contribution in [0.1, 0.15) is 11.4 Å². The molecule has 2 aromatic heterocycles. The number of benzene rings is 2. The SMILES string of the molecule is COc1ccc(-c2csc3nc(C)nc(Nc4ccccc4C)c23)cc1. The van der Waals surface area contributed by atoms with E-state index in [-0.39, 0.29) is 0 Å². The Morgan fingerprint density at radius 1 is 0.962 bits per heavy atom. The molecule has 2 aromatic carbocycles. The smallest absolute Gasteiger partial charge is 0.143 e. The second-order valence-corrected chi connectivity index (χ2v) is 6.98. The second kappa shape index (κ2) is 6.77. The fourth-order valence-electron chi connectivity index (χ4n) is 2.96. The number of para-hydroxylation sites is 1. The predicted molar refractivity (Wildman–Crippen MR) is 109 cm³/mol. The molecule has 26 heavy (non-hydrogen) atoms. The van der Waals surface area contributed by atoms with Crippen LogP contribution in [0.4, 0.5) is 11.5 Å².